The van der Waals surface area contributed by atoms with E-state index < -0.39 is 25.2 Å². The maximum Gasteiger partial charge on any atom is 0.341 e. The van der Waals surface area contributed by atoms with Crippen molar-refractivity contribution in [2.24, 2.45) is 0 Å². The lowest BCUT2D eigenvalue weighted by molar-refractivity contribution is -0.140. The number of nitrogens with zero attached hydrogens (tertiary/aromatic N) is 2. The quantitative estimate of drug-likeness (QED) is 0.0683. The van der Waals surface area contributed by atoms with E-state index in [1.54, 1.807) is 48.5 Å². The predicted octanol–water partition coefficient (Wildman–Crippen LogP) is 11.1. The molecule has 330 valence electrons. The van der Waals surface area contributed by atoms with Gasteiger partial charge in [0.1, 0.15) is 23.1 Å². The van der Waals surface area contributed by atoms with E-state index in [2.05, 4.69) is 30.6 Å². The summed E-state index contributed by atoms with van der Waals surface area (Å²) in [7, 11) is 0. The first kappa shape index (κ1) is 45.6. The van der Waals surface area contributed by atoms with Gasteiger partial charge in [0.05, 0.1) is 42.7 Å². The van der Waals surface area contributed by atoms with Gasteiger partial charge in [0.15, 0.2) is 13.2 Å². The number of anilines is 2. The third-order valence-electron chi connectivity index (χ3n) is 10.2. The lowest BCUT2D eigenvalue weighted by Crippen LogP contribution is -2.11. The summed E-state index contributed by atoms with van der Waals surface area (Å²) in [5.74, 6) is -1.12. The molecule has 0 saturated carbocycles. The van der Waals surface area contributed by atoms with Gasteiger partial charge in [0, 0.05) is 28.1 Å². The summed E-state index contributed by atoms with van der Waals surface area (Å²) in [5, 5.41) is 24.2. The van der Waals surface area contributed by atoms with E-state index in [-0.39, 0.29) is 27.6 Å². The zero-order chi connectivity index (χ0) is 46.5. The van der Waals surface area contributed by atoms with Gasteiger partial charge < -0.3 is 40.3 Å². The van der Waals surface area contributed by atoms with Gasteiger partial charge in [-0.15, -0.1) is 0 Å². The van der Waals surface area contributed by atoms with Crippen molar-refractivity contribution in [1.82, 2.24) is 19.9 Å². The standard InChI is InChI=1S/C24H19Cl2N3O4.C24H20ClN3O4/c1-12-3-5-15(7-13(12)2)27-24(32)14-4-6-19-20(8-14)29-23(28-19)22-17(25)9-16(10-18(22)26)33-11-21(30)31;1-13-3-5-16(9-14(13)2)26-24(31)15-4-8-20-21(10-15)28-23(27-20)18-7-6-17(11-19(18)25)32-12-22(29)30/h3-10H,11H2,1-2H3,(H,27,32)(H,28,29)(H,30,31);3-11H,12H2,1-2H3,(H,26,31)(H,27,28)(H,29,30). The Morgan fingerprint density at radius 2 is 1.00 bits per heavy atom. The van der Waals surface area contributed by atoms with Gasteiger partial charge in [0.2, 0.25) is 0 Å². The molecule has 0 unspecified atom stereocenters. The fourth-order valence-corrected chi connectivity index (χ4v) is 7.43. The number of carboxylic acid groups (broad SMARTS) is 2. The number of hydrogen-bond donors (Lipinski definition) is 6. The number of aromatic nitrogens is 4. The highest BCUT2D eigenvalue weighted by atomic mass is 35.5. The lowest BCUT2D eigenvalue weighted by atomic mass is 10.1. The Bertz CT molecular complexity index is 3140. The number of fused-ring (bicyclic) bond motifs is 2. The van der Waals surface area contributed by atoms with Crippen LogP contribution < -0.4 is 20.1 Å². The lowest BCUT2D eigenvalue weighted by Gasteiger charge is -2.08. The van der Waals surface area contributed by atoms with Gasteiger partial charge in [-0.1, -0.05) is 46.9 Å². The number of aryl methyl sites for hydroxylation is 4. The molecule has 14 nitrogen and oxygen atoms in total. The zero-order valence-corrected chi connectivity index (χ0v) is 37.4. The van der Waals surface area contributed by atoms with Crippen molar-refractivity contribution in [2.75, 3.05) is 23.8 Å². The molecule has 0 radical (unpaired) electrons. The molecule has 8 aromatic rings. The zero-order valence-electron chi connectivity index (χ0n) is 35.1. The second kappa shape index (κ2) is 19.6. The molecule has 0 bridgehead atoms. The van der Waals surface area contributed by atoms with Crippen LogP contribution in [0.25, 0.3) is 44.8 Å². The summed E-state index contributed by atoms with van der Waals surface area (Å²) in [6.07, 6.45) is 0. The van der Waals surface area contributed by atoms with Crippen LogP contribution in [-0.4, -0.2) is 67.1 Å². The van der Waals surface area contributed by atoms with Crippen LogP contribution in [0.1, 0.15) is 43.0 Å². The summed E-state index contributed by atoms with van der Waals surface area (Å²) in [5.41, 5.74) is 10.6. The third kappa shape index (κ3) is 11.0. The molecule has 2 heterocycles. The van der Waals surface area contributed by atoms with Crippen molar-refractivity contribution < 1.29 is 38.9 Å². The smallest absolute Gasteiger partial charge is 0.341 e. The van der Waals surface area contributed by atoms with Gasteiger partial charge in [-0.25, -0.2) is 19.6 Å². The van der Waals surface area contributed by atoms with Crippen LogP contribution in [-0.2, 0) is 9.59 Å². The number of carbonyl (C=O) groups is 4. The molecule has 0 spiro atoms. The average Bonchev–Trinajstić information content (AvgIpc) is 3.88. The maximum atomic E-state index is 12.7. The average molecular weight is 934 g/mol. The van der Waals surface area contributed by atoms with Crippen LogP contribution in [0, 0.1) is 27.7 Å². The van der Waals surface area contributed by atoms with Gasteiger partial charge in [-0.05, 0) is 141 Å². The largest absolute Gasteiger partial charge is 0.482 e. The van der Waals surface area contributed by atoms with E-state index in [9.17, 15) is 19.2 Å². The van der Waals surface area contributed by atoms with Crippen LogP contribution in [0.4, 0.5) is 11.4 Å². The Balaban J connectivity index is 0.000000194. The minimum atomic E-state index is -1.11. The monoisotopic (exact) mass is 932 g/mol. The second-order valence-electron chi connectivity index (χ2n) is 14.9. The number of rotatable bonds is 12. The Hall–Kier alpha value is -7.39. The number of nitrogens with one attached hydrogen (secondary N) is 4. The van der Waals surface area contributed by atoms with E-state index in [4.69, 9.17) is 54.5 Å². The molecule has 0 saturated heterocycles. The molecule has 0 atom stereocenters. The Labute approximate surface area is 386 Å². The van der Waals surface area contributed by atoms with Crippen LogP contribution in [0.15, 0.2) is 103 Å². The van der Waals surface area contributed by atoms with Crippen molar-refractivity contribution >= 4 is 92.0 Å². The summed E-state index contributed by atoms with van der Waals surface area (Å²) >= 11 is 19.1. The molecule has 17 heteroatoms. The minimum absolute atomic E-state index is 0.218. The molecule has 6 aromatic carbocycles. The molecular formula is C48H39Cl3N6O8. The number of aromatic amines is 2. The van der Waals surface area contributed by atoms with E-state index in [0.717, 1.165) is 33.6 Å². The molecule has 8 rings (SSSR count). The first-order valence-corrected chi connectivity index (χ1v) is 20.9. The summed E-state index contributed by atoms with van der Waals surface area (Å²) in [4.78, 5) is 62.2. The molecule has 65 heavy (non-hydrogen) atoms. The number of benzene rings is 6. The molecule has 2 amide bonds. The van der Waals surface area contributed by atoms with Gasteiger partial charge in [0.25, 0.3) is 11.8 Å². The fraction of sp³-hybridized carbons (Fsp3) is 0.125. The summed E-state index contributed by atoms with van der Waals surface area (Å²) in [6, 6.07) is 29.7. The predicted molar refractivity (Wildman–Crippen MR) is 252 cm³/mol. The first-order chi connectivity index (χ1) is 31.0. The number of halogens is 3. The van der Waals surface area contributed by atoms with Crippen LogP contribution in [0.3, 0.4) is 0 Å². The van der Waals surface area contributed by atoms with Gasteiger partial charge in [-0.3, -0.25) is 9.59 Å². The number of H-pyrrole nitrogens is 2. The molecular weight excluding hydrogens is 895 g/mol. The topological polar surface area (TPSA) is 209 Å². The number of hydrogen-bond acceptors (Lipinski definition) is 8. The maximum absolute atomic E-state index is 12.7. The Kier molecular flexibility index (Phi) is 13.7. The number of amides is 2. The van der Waals surface area contributed by atoms with Gasteiger partial charge >= 0.3 is 11.9 Å². The van der Waals surface area contributed by atoms with E-state index in [0.29, 0.717) is 66.7 Å². The third-order valence-corrected chi connectivity index (χ3v) is 11.1. The van der Waals surface area contributed by atoms with Crippen molar-refractivity contribution in [1.29, 1.82) is 0 Å². The molecule has 6 N–H and O–H groups in total. The van der Waals surface area contributed by atoms with E-state index >= 15 is 0 Å². The van der Waals surface area contributed by atoms with Crippen LogP contribution in [0.2, 0.25) is 15.1 Å². The highest BCUT2D eigenvalue weighted by Gasteiger charge is 2.18. The second-order valence-corrected chi connectivity index (χ2v) is 16.1. The molecule has 0 fully saturated rings. The number of carbonyl (C=O) groups excluding carboxylic acids is 2. The van der Waals surface area contributed by atoms with Gasteiger partial charge in [-0.2, -0.15) is 0 Å². The van der Waals surface area contributed by atoms with E-state index in [1.165, 1.54) is 18.2 Å². The minimum Gasteiger partial charge on any atom is -0.482 e. The van der Waals surface area contributed by atoms with Crippen molar-refractivity contribution in [3.05, 3.63) is 152 Å². The molecule has 0 aliphatic heterocycles. The Morgan fingerprint density at radius 3 is 1.48 bits per heavy atom. The fourth-order valence-electron chi connectivity index (χ4n) is 6.52. The number of imidazole rings is 2. The highest BCUT2D eigenvalue weighted by Crippen LogP contribution is 2.38. The summed E-state index contributed by atoms with van der Waals surface area (Å²) in [6.45, 7) is 7.06. The number of carboxylic acids is 2. The number of aliphatic carboxylic acids is 2. The van der Waals surface area contributed by atoms with Crippen LogP contribution >= 0.6 is 34.8 Å². The number of ether oxygens (including phenoxy) is 2. The Morgan fingerprint density at radius 1 is 0.538 bits per heavy atom. The SMILES string of the molecule is Cc1ccc(NC(=O)c2ccc3nc(-c4c(Cl)cc(OCC(=O)O)cc4Cl)[nH]c3c2)cc1C.Cc1ccc(NC(=O)c2ccc3nc(-c4ccc(OCC(=O)O)cc4Cl)[nH]c3c2)cc1C. The highest BCUT2D eigenvalue weighted by molar-refractivity contribution is 6.39. The molecule has 0 aliphatic carbocycles. The first-order valence-electron chi connectivity index (χ1n) is 19.8. The van der Waals surface area contributed by atoms with Crippen LogP contribution in [0.5, 0.6) is 11.5 Å². The summed E-state index contributed by atoms with van der Waals surface area (Å²) < 4.78 is 10.3. The normalized spacial score (nSPS) is 10.9. The molecule has 0 aliphatic rings. The van der Waals surface area contributed by atoms with Crippen molar-refractivity contribution in [2.45, 2.75) is 27.7 Å². The van der Waals surface area contributed by atoms with E-state index in [1.807, 2.05) is 64.1 Å². The molecule has 2 aromatic heterocycles. The van der Waals surface area contributed by atoms with Crippen molar-refractivity contribution in [3.63, 3.8) is 0 Å². The van der Waals surface area contributed by atoms with Crippen molar-refractivity contribution in [3.8, 4) is 34.3 Å².